The number of nitrogens with one attached hydrogen (secondary N) is 1. The normalized spacial score (nSPS) is 15.7. The van der Waals surface area contributed by atoms with Gasteiger partial charge in [-0.2, -0.15) is 0 Å². The standard InChI is InChI=1S/C20H30FN3O2/c1-3-10-22-20(26)17-8-11-23(12-9-17)15-19(25)24(4-2)14-16-6-5-7-18(21)13-16/h5-7,13,17H,3-4,8-12,14-15H2,1-2H3,(H,22,26). The average molecular weight is 363 g/mol. The maximum atomic E-state index is 13.3. The maximum Gasteiger partial charge on any atom is 0.237 e. The number of amides is 2. The van der Waals surface area contributed by atoms with E-state index in [0.29, 0.717) is 19.6 Å². The Morgan fingerprint density at radius 2 is 2.00 bits per heavy atom. The van der Waals surface area contributed by atoms with Crippen LogP contribution in [0.2, 0.25) is 0 Å². The molecule has 1 aromatic rings. The summed E-state index contributed by atoms with van der Waals surface area (Å²) in [6, 6.07) is 6.37. The lowest BCUT2D eigenvalue weighted by atomic mass is 9.96. The number of hydrogen-bond donors (Lipinski definition) is 1. The zero-order chi connectivity index (χ0) is 18.9. The van der Waals surface area contributed by atoms with Gasteiger partial charge in [0.25, 0.3) is 0 Å². The van der Waals surface area contributed by atoms with Crippen molar-refractivity contribution in [2.45, 2.75) is 39.7 Å². The summed E-state index contributed by atoms with van der Waals surface area (Å²) in [5.41, 5.74) is 0.798. The summed E-state index contributed by atoms with van der Waals surface area (Å²) in [5.74, 6) is -0.0401. The smallest absolute Gasteiger partial charge is 0.237 e. The number of likely N-dealkylation sites (N-methyl/N-ethyl adjacent to an activating group) is 1. The number of carbonyl (C=O) groups is 2. The summed E-state index contributed by atoms with van der Waals surface area (Å²) in [6.45, 7) is 7.57. The largest absolute Gasteiger partial charge is 0.356 e. The second kappa shape index (κ2) is 10.3. The third kappa shape index (κ3) is 6.09. The van der Waals surface area contributed by atoms with E-state index in [4.69, 9.17) is 0 Å². The van der Waals surface area contributed by atoms with Gasteiger partial charge in [0, 0.05) is 25.6 Å². The fourth-order valence-electron chi connectivity index (χ4n) is 3.27. The first-order valence-corrected chi connectivity index (χ1v) is 9.55. The van der Waals surface area contributed by atoms with Crippen LogP contribution in [-0.2, 0) is 16.1 Å². The highest BCUT2D eigenvalue weighted by molar-refractivity contribution is 5.79. The Kier molecular flexibility index (Phi) is 8.04. The van der Waals surface area contributed by atoms with Crippen molar-refractivity contribution in [2.24, 2.45) is 5.92 Å². The Morgan fingerprint density at radius 1 is 1.27 bits per heavy atom. The van der Waals surface area contributed by atoms with Crippen LogP contribution < -0.4 is 5.32 Å². The van der Waals surface area contributed by atoms with Crippen LogP contribution in [0.15, 0.2) is 24.3 Å². The number of carbonyl (C=O) groups excluding carboxylic acids is 2. The highest BCUT2D eigenvalue weighted by Crippen LogP contribution is 2.17. The molecule has 5 nitrogen and oxygen atoms in total. The lowest BCUT2D eigenvalue weighted by molar-refractivity contribution is -0.133. The van der Waals surface area contributed by atoms with Crippen LogP contribution in [0, 0.1) is 11.7 Å². The molecule has 0 saturated carbocycles. The van der Waals surface area contributed by atoms with Crippen molar-refractivity contribution >= 4 is 11.8 Å². The molecule has 0 atom stereocenters. The van der Waals surface area contributed by atoms with Crippen molar-refractivity contribution in [1.29, 1.82) is 0 Å². The second-order valence-electron chi connectivity index (χ2n) is 6.88. The minimum Gasteiger partial charge on any atom is -0.356 e. The van der Waals surface area contributed by atoms with E-state index < -0.39 is 0 Å². The summed E-state index contributed by atoms with van der Waals surface area (Å²) in [6.07, 6.45) is 2.52. The molecule has 2 rings (SSSR count). The molecule has 1 aliphatic heterocycles. The summed E-state index contributed by atoms with van der Waals surface area (Å²) in [4.78, 5) is 28.5. The summed E-state index contributed by atoms with van der Waals surface area (Å²) >= 11 is 0. The Hall–Kier alpha value is -1.95. The van der Waals surface area contributed by atoms with E-state index in [2.05, 4.69) is 10.2 Å². The lowest BCUT2D eigenvalue weighted by Gasteiger charge is -2.32. The number of benzene rings is 1. The molecule has 0 unspecified atom stereocenters. The van der Waals surface area contributed by atoms with Gasteiger partial charge in [0.15, 0.2) is 0 Å². The third-order valence-electron chi connectivity index (χ3n) is 4.86. The van der Waals surface area contributed by atoms with Crippen molar-refractivity contribution < 1.29 is 14.0 Å². The van der Waals surface area contributed by atoms with Crippen LogP contribution >= 0.6 is 0 Å². The van der Waals surface area contributed by atoms with Gasteiger partial charge in [0.1, 0.15) is 5.82 Å². The third-order valence-corrected chi connectivity index (χ3v) is 4.86. The van der Waals surface area contributed by atoms with Crippen LogP contribution in [0.25, 0.3) is 0 Å². The Labute approximate surface area is 155 Å². The van der Waals surface area contributed by atoms with Crippen LogP contribution in [0.1, 0.15) is 38.7 Å². The number of hydrogen-bond acceptors (Lipinski definition) is 3. The van der Waals surface area contributed by atoms with Gasteiger partial charge < -0.3 is 10.2 Å². The van der Waals surface area contributed by atoms with Gasteiger partial charge in [-0.25, -0.2) is 4.39 Å². The molecule has 26 heavy (non-hydrogen) atoms. The number of piperidine rings is 1. The monoisotopic (exact) mass is 363 g/mol. The molecule has 0 spiro atoms. The van der Waals surface area contributed by atoms with Crippen molar-refractivity contribution in [3.8, 4) is 0 Å². The second-order valence-corrected chi connectivity index (χ2v) is 6.88. The first-order chi connectivity index (χ1) is 12.5. The summed E-state index contributed by atoms with van der Waals surface area (Å²) < 4.78 is 13.3. The molecule has 0 bridgehead atoms. The molecule has 1 fully saturated rings. The van der Waals surface area contributed by atoms with Crippen molar-refractivity contribution in [2.75, 3.05) is 32.7 Å². The van der Waals surface area contributed by atoms with Crippen molar-refractivity contribution in [3.05, 3.63) is 35.6 Å². The van der Waals surface area contributed by atoms with E-state index in [1.165, 1.54) is 12.1 Å². The zero-order valence-corrected chi connectivity index (χ0v) is 15.8. The predicted molar refractivity (Wildman–Crippen MR) is 100.0 cm³/mol. The fraction of sp³-hybridized carbons (Fsp3) is 0.600. The minimum atomic E-state index is -0.283. The maximum absolute atomic E-state index is 13.3. The molecule has 0 aliphatic carbocycles. The topological polar surface area (TPSA) is 52.7 Å². The first kappa shape index (κ1) is 20.4. The average Bonchev–Trinajstić information content (AvgIpc) is 2.64. The van der Waals surface area contributed by atoms with E-state index in [1.807, 2.05) is 19.9 Å². The summed E-state index contributed by atoms with van der Waals surface area (Å²) in [5, 5.41) is 2.95. The quantitative estimate of drug-likeness (QED) is 0.772. The van der Waals surface area contributed by atoms with Crippen molar-refractivity contribution in [1.82, 2.24) is 15.1 Å². The van der Waals surface area contributed by atoms with Gasteiger partial charge in [0.2, 0.25) is 11.8 Å². The molecular weight excluding hydrogens is 333 g/mol. The molecule has 1 saturated heterocycles. The molecule has 144 valence electrons. The molecular formula is C20H30FN3O2. The molecule has 0 radical (unpaired) electrons. The number of likely N-dealkylation sites (tertiary alicyclic amines) is 1. The van der Waals surface area contributed by atoms with Gasteiger partial charge in [-0.3, -0.25) is 14.5 Å². The zero-order valence-electron chi connectivity index (χ0n) is 15.8. The molecule has 0 aromatic heterocycles. The summed E-state index contributed by atoms with van der Waals surface area (Å²) in [7, 11) is 0. The molecule has 6 heteroatoms. The Morgan fingerprint density at radius 3 is 2.62 bits per heavy atom. The fourth-order valence-corrected chi connectivity index (χ4v) is 3.27. The van der Waals surface area contributed by atoms with Crippen LogP contribution in [-0.4, -0.2) is 54.3 Å². The minimum absolute atomic E-state index is 0.0469. The van der Waals surface area contributed by atoms with Crippen LogP contribution in [0.5, 0.6) is 0 Å². The van der Waals surface area contributed by atoms with E-state index in [9.17, 15) is 14.0 Å². The highest BCUT2D eigenvalue weighted by atomic mass is 19.1. The molecule has 1 heterocycles. The Bertz CT molecular complexity index is 600. The van der Waals surface area contributed by atoms with Crippen molar-refractivity contribution in [3.63, 3.8) is 0 Å². The number of nitrogens with zero attached hydrogens (tertiary/aromatic N) is 2. The van der Waals surface area contributed by atoms with E-state index in [0.717, 1.165) is 44.5 Å². The molecule has 1 N–H and O–H groups in total. The van der Waals surface area contributed by atoms with E-state index >= 15 is 0 Å². The van der Waals surface area contributed by atoms with E-state index in [1.54, 1.807) is 11.0 Å². The van der Waals surface area contributed by atoms with Gasteiger partial charge in [-0.05, 0) is 57.0 Å². The molecule has 2 amide bonds. The van der Waals surface area contributed by atoms with Crippen LogP contribution in [0.3, 0.4) is 0 Å². The van der Waals surface area contributed by atoms with Gasteiger partial charge in [-0.15, -0.1) is 0 Å². The first-order valence-electron chi connectivity index (χ1n) is 9.55. The van der Waals surface area contributed by atoms with Gasteiger partial charge in [-0.1, -0.05) is 19.1 Å². The SMILES string of the molecule is CCCNC(=O)C1CCN(CC(=O)N(CC)Cc2cccc(F)c2)CC1. The van der Waals surface area contributed by atoms with E-state index in [-0.39, 0.29) is 23.5 Å². The van der Waals surface area contributed by atoms with Gasteiger partial charge in [0.05, 0.1) is 6.54 Å². The molecule has 1 aliphatic rings. The molecule has 1 aromatic carbocycles. The Balaban J connectivity index is 1.80. The number of halogens is 1. The van der Waals surface area contributed by atoms with Crippen LogP contribution in [0.4, 0.5) is 4.39 Å². The number of rotatable bonds is 8. The highest BCUT2D eigenvalue weighted by Gasteiger charge is 2.26. The van der Waals surface area contributed by atoms with Gasteiger partial charge >= 0.3 is 0 Å². The lowest BCUT2D eigenvalue weighted by Crippen LogP contribution is -2.45. The predicted octanol–water partition coefficient (Wildman–Crippen LogP) is 2.41.